The molecule has 1 aromatic carbocycles. The minimum atomic E-state index is -0.404. The molecule has 0 unspecified atom stereocenters. The number of nitrogens with zero attached hydrogens (tertiary/aromatic N) is 2. The summed E-state index contributed by atoms with van der Waals surface area (Å²) in [6.07, 6.45) is 2.72. The van der Waals surface area contributed by atoms with Crippen LogP contribution in [0, 0.1) is 5.82 Å². The average molecular weight is 356 g/mol. The molecule has 0 radical (unpaired) electrons. The third-order valence-electron chi connectivity index (χ3n) is 3.96. The van der Waals surface area contributed by atoms with E-state index in [1.165, 1.54) is 12.1 Å². The first kappa shape index (κ1) is 18.5. The van der Waals surface area contributed by atoms with Gasteiger partial charge in [0.05, 0.1) is 0 Å². The molecule has 3 amide bonds. The predicted octanol–water partition coefficient (Wildman–Crippen LogP) is 3.02. The number of carbonyl (C=O) groups is 2. The van der Waals surface area contributed by atoms with E-state index in [1.807, 2.05) is 0 Å². The van der Waals surface area contributed by atoms with Crippen molar-refractivity contribution in [1.29, 1.82) is 0 Å². The van der Waals surface area contributed by atoms with Crippen LogP contribution < -0.4 is 5.32 Å². The van der Waals surface area contributed by atoms with E-state index in [4.69, 9.17) is 11.6 Å². The van der Waals surface area contributed by atoms with Gasteiger partial charge in [0, 0.05) is 31.2 Å². The minimum Gasteiger partial charge on any atom is -0.355 e. The number of amides is 3. The summed E-state index contributed by atoms with van der Waals surface area (Å²) in [6, 6.07) is 3.97. The molecule has 1 saturated heterocycles. The number of rotatable bonds is 7. The van der Waals surface area contributed by atoms with Gasteiger partial charge in [-0.1, -0.05) is 31.0 Å². The Bertz CT molecular complexity index is 597. The first-order valence-electron chi connectivity index (χ1n) is 8.25. The summed E-state index contributed by atoms with van der Waals surface area (Å²) in [6.45, 7) is 4.22. The zero-order chi connectivity index (χ0) is 17.5. The summed E-state index contributed by atoms with van der Waals surface area (Å²) < 4.78 is 13.1. The molecule has 0 saturated carbocycles. The molecule has 0 bridgehead atoms. The van der Waals surface area contributed by atoms with Crippen molar-refractivity contribution in [3.8, 4) is 0 Å². The standard InChI is InChI=1S/C17H23ClFN3O2/c1-2-3-7-20-16(23)12-22-9-4-8-21(17(22)24)11-13-5-6-14(19)10-15(13)18/h5-6,10H,2-4,7-9,11-12H2,1H3,(H,20,23). The van der Waals surface area contributed by atoms with Crippen molar-refractivity contribution in [2.75, 3.05) is 26.2 Å². The molecule has 24 heavy (non-hydrogen) atoms. The highest BCUT2D eigenvalue weighted by molar-refractivity contribution is 6.31. The Balaban J connectivity index is 1.93. The molecule has 132 valence electrons. The lowest BCUT2D eigenvalue weighted by Crippen LogP contribution is -2.51. The van der Waals surface area contributed by atoms with Crippen molar-refractivity contribution in [3.05, 3.63) is 34.6 Å². The number of hydrogen-bond donors (Lipinski definition) is 1. The van der Waals surface area contributed by atoms with Gasteiger partial charge < -0.3 is 15.1 Å². The summed E-state index contributed by atoms with van der Waals surface area (Å²) in [5.41, 5.74) is 0.695. The number of urea groups is 1. The topological polar surface area (TPSA) is 52.7 Å². The Labute approximate surface area is 146 Å². The molecule has 1 fully saturated rings. The Morgan fingerprint density at radius 1 is 1.33 bits per heavy atom. The maximum Gasteiger partial charge on any atom is 0.320 e. The van der Waals surface area contributed by atoms with E-state index in [1.54, 1.807) is 15.9 Å². The predicted molar refractivity (Wildman–Crippen MR) is 91.3 cm³/mol. The molecule has 1 heterocycles. The maximum atomic E-state index is 13.1. The zero-order valence-corrected chi connectivity index (χ0v) is 14.6. The van der Waals surface area contributed by atoms with E-state index in [0.29, 0.717) is 36.8 Å². The molecule has 1 aliphatic heterocycles. The van der Waals surface area contributed by atoms with Crippen molar-refractivity contribution in [2.24, 2.45) is 0 Å². The lowest BCUT2D eigenvalue weighted by molar-refractivity contribution is -0.122. The number of unbranched alkanes of at least 4 members (excludes halogenated alkanes) is 1. The fraction of sp³-hybridized carbons (Fsp3) is 0.529. The highest BCUT2D eigenvalue weighted by Crippen LogP contribution is 2.21. The molecule has 7 heteroatoms. The second-order valence-electron chi connectivity index (χ2n) is 5.92. The van der Waals surface area contributed by atoms with Crippen LogP contribution in [0.3, 0.4) is 0 Å². The van der Waals surface area contributed by atoms with Crippen LogP contribution in [0.5, 0.6) is 0 Å². The second-order valence-corrected chi connectivity index (χ2v) is 6.33. The summed E-state index contributed by atoms with van der Waals surface area (Å²) in [7, 11) is 0. The monoisotopic (exact) mass is 355 g/mol. The molecule has 1 aromatic rings. The number of halogens is 2. The zero-order valence-electron chi connectivity index (χ0n) is 13.9. The Kier molecular flexibility index (Phi) is 6.85. The first-order valence-corrected chi connectivity index (χ1v) is 8.63. The van der Waals surface area contributed by atoms with Gasteiger partial charge in [-0.25, -0.2) is 9.18 Å². The number of carbonyl (C=O) groups excluding carboxylic acids is 2. The summed E-state index contributed by atoms with van der Waals surface area (Å²) in [4.78, 5) is 27.6. The van der Waals surface area contributed by atoms with Crippen LogP contribution in [0.25, 0.3) is 0 Å². The molecule has 1 N–H and O–H groups in total. The normalized spacial score (nSPS) is 14.9. The highest BCUT2D eigenvalue weighted by Gasteiger charge is 2.27. The molecule has 1 aliphatic rings. The average Bonchev–Trinajstić information content (AvgIpc) is 2.54. The molecule has 0 aliphatic carbocycles. The van der Waals surface area contributed by atoms with E-state index in [2.05, 4.69) is 12.2 Å². The third-order valence-corrected chi connectivity index (χ3v) is 4.31. The summed E-state index contributed by atoms with van der Waals surface area (Å²) in [5.74, 6) is -0.544. The van der Waals surface area contributed by atoms with Crippen LogP contribution in [0.2, 0.25) is 5.02 Å². The van der Waals surface area contributed by atoms with Gasteiger partial charge in [-0.3, -0.25) is 4.79 Å². The second kappa shape index (κ2) is 8.87. The van der Waals surface area contributed by atoms with E-state index in [9.17, 15) is 14.0 Å². The SMILES string of the molecule is CCCCNC(=O)CN1CCCN(Cc2ccc(F)cc2Cl)C1=O. The summed E-state index contributed by atoms with van der Waals surface area (Å²) >= 11 is 6.03. The van der Waals surface area contributed by atoms with Crippen LogP contribution in [0.1, 0.15) is 31.7 Å². The maximum absolute atomic E-state index is 13.1. The fourth-order valence-corrected chi connectivity index (χ4v) is 2.85. The largest absolute Gasteiger partial charge is 0.355 e. The number of nitrogens with one attached hydrogen (secondary N) is 1. The van der Waals surface area contributed by atoms with E-state index >= 15 is 0 Å². The van der Waals surface area contributed by atoms with Crippen molar-refractivity contribution >= 4 is 23.5 Å². The molecule has 5 nitrogen and oxygen atoms in total. The molecule has 0 atom stereocenters. The van der Waals surface area contributed by atoms with Crippen molar-refractivity contribution < 1.29 is 14.0 Å². The van der Waals surface area contributed by atoms with Crippen LogP contribution >= 0.6 is 11.6 Å². The van der Waals surface area contributed by atoms with Crippen LogP contribution in [0.15, 0.2) is 18.2 Å². The Morgan fingerprint density at radius 3 is 2.79 bits per heavy atom. The lowest BCUT2D eigenvalue weighted by Gasteiger charge is -2.35. The third kappa shape index (κ3) is 5.09. The number of benzene rings is 1. The quantitative estimate of drug-likeness (QED) is 0.764. The van der Waals surface area contributed by atoms with Gasteiger partial charge in [-0.2, -0.15) is 0 Å². The first-order chi connectivity index (χ1) is 11.5. The molecular formula is C17H23ClFN3O2. The van der Waals surface area contributed by atoms with Gasteiger partial charge in [-0.15, -0.1) is 0 Å². The van der Waals surface area contributed by atoms with Crippen molar-refractivity contribution in [1.82, 2.24) is 15.1 Å². The van der Waals surface area contributed by atoms with Gasteiger partial charge in [0.25, 0.3) is 0 Å². The van der Waals surface area contributed by atoms with Gasteiger partial charge in [0.15, 0.2) is 0 Å². The molecular weight excluding hydrogens is 333 g/mol. The molecule has 2 rings (SSSR count). The number of hydrogen-bond acceptors (Lipinski definition) is 2. The van der Waals surface area contributed by atoms with E-state index in [-0.39, 0.29) is 18.5 Å². The Hall–Kier alpha value is -1.82. The molecule has 0 aromatic heterocycles. The van der Waals surface area contributed by atoms with E-state index < -0.39 is 5.82 Å². The van der Waals surface area contributed by atoms with Crippen LogP contribution in [-0.2, 0) is 11.3 Å². The van der Waals surface area contributed by atoms with Gasteiger partial charge >= 0.3 is 6.03 Å². The smallest absolute Gasteiger partial charge is 0.320 e. The van der Waals surface area contributed by atoms with Gasteiger partial charge in [0.2, 0.25) is 5.91 Å². The van der Waals surface area contributed by atoms with Crippen molar-refractivity contribution in [2.45, 2.75) is 32.7 Å². The highest BCUT2D eigenvalue weighted by atomic mass is 35.5. The lowest BCUT2D eigenvalue weighted by atomic mass is 10.2. The molecule has 0 spiro atoms. The van der Waals surface area contributed by atoms with Gasteiger partial charge in [0.1, 0.15) is 12.4 Å². The van der Waals surface area contributed by atoms with Crippen molar-refractivity contribution in [3.63, 3.8) is 0 Å². The van der Waals surface area contributed by atoms with Gasteiger partial charge in [-0.05, 0) is 30.5 Å². The fourth-order valence-electron chi connectivity index (χ4n) is 2.63. The van der Waals surface area contributed by atoms with Crippen LogP contribution in [0.4, 0.5) is 9.18 Å². The summed E-state index contributed by atoms with van der Waals surface area (Å²) in [5, 5.41) is 3.12. The van der Waals surface area contributed by atoms with E-state index in [0.717, 1.165) is 19.3 Å². The minimum absolute atomic E-state index is 0.0657. The Morgan fingerprint density at radius 2 is 2.08 bits per heavy atom. The van der Waals surface area contributed by atoms with Crippen LogP contribution in [-0.4, -0.2) is 47.9 Å².